The van der Waals surface area contributed by atoms with Crippen LogP contribution in [-0.2, 0) is 10.2 Å². The van der Waals surface area contributed by atoms with Gasteiger partial charge in [0.2, 0.25) is 5.91 Å². The summed E-state index contributed by atoms with van der Waals surface area (Å²) in [6.45, 7) is 6.07. The first-order valence-corrected chi connectivity index (χ1v) is 14.0. The first-order chi connectivity index (χ1) is 19.8. The van der Waals surface area contributed by atoms with E-state index in [-0.39, 0.29) is 17.5 Å². The third kappa shape index (κ3) is 3.51. The number of aryl methyl sites for hydroxylation is 2. The predicted molar refractivity (Wildman–Crippen MR) is 161 cm³/mol. The Morgan fingerprint density at radius 1 is 0.756 bits per heavy atom. The van der Waals surface area contributed by atoms with Crippen molar-refractivity contribution in [2.75, 3.05) is 10.2 Å². The highest BCUT2D eigenvalue weighted by Gasteiger charge is 2.70. The summed E-state index contributed by atoms with van der Waals surface area (Å²) in [5.41, 5.74) is 6.19. The van der Waals surface area contributed by atoms with Crippen molar-refractivity contribution in [2.24, 2.45) is 5.92 Å². The highest BCUT2D eigenvalue weighted by molar-refractivity contribution is 6.18. The third-order valence-corrected chi connectivity index (χ3v) is 9.08. The standard InChI is InChI=1S/C36H30N2O3/c1-21-13-16-25(17-14-21)34(40)32-31(33(39)24-9-5-4-6-10-24)36(27-11-7-8-12-28(27)37-35(36)41)30-20-23(3)26-19-22(2)15-18-29(26)38(30)32/h4-20,30-32H,1-3H3,(H,37,41). The molecule has 3 aliphatic heterocycles. The number of amides is 1. The Hall–Kier alpha value is -4.77. The summed E-state index contributed by atoms with van der Waals surface area (Å²) in [5.74, 6) is -1.60. The Balaban J connectivity index is 1.56. The van der Waals surface area contributed by atoms with E-state index in [0.717, 1.165) is 33.5 Å². The monoisotopic (exact) mass is 538 g/mol. The zero-order valence-corrected chi connectivity index (χ0v) is 23.2. The molecule has 3 heterocycles. The minimum absolute atomic E-state index is 0.169. The molecule has 1 N–H and O–H groups in total. The van der Waals surface area contributed by atoms with E-state index in [2.05, 4.69) is 22.4 Å². The summed E-state index contributed by atoms with van der Waals surface area (Å²) in [6.07, 6.45) is 2.09. The highest BCUT2D eigenvalue weighted by atomic mass is 16.2. The number of benzene rings is 4. The molecule has 41 heavy (non-hydrogen) atoms. The molecule has 202 valence electrons. The zero-order chi connectivity index (χ0) is 28.5. The van der Waals surface area contributed by atoms with Crippen molar-refractivity contribution >= 4 is 34.4 Å². The first kappa shape index (κ1) is 25.2. The number of nitrogens with one attached hydrogen (secondary N) is 1. The maximum atomic E-state index is 14.8. The summed E-state index contributed by atoms with van der Waals surface area (Å²) < 4.78 is 0. The number of para-hydroxylation sites is 1. The van der Waals surface area contributed by atoms with Crippen LogP contribution in [0.1, 0.15) is 49.9 Å². The molecule has 4 aromatic carbocycles. The number of carbonyl (C=O) groups excluding carboxylic acids is 3. The minimum atomic E-state index is -1.31. The van der Waals surface area contributed by atoms with Crippen LogP contribution in [-0.4, -0.2) is 29.6 Å². The Morgan fingerprint density at radius 3 is 2.17 bits per heavy atom. The molecule has 1 saturated heterocycles. The number of carbonyl (C=O) groups is 3. The van der Waals surface area contributed by atoms with E-state index in [1.165, 1.54) is 0 Å². The number of rotatable bonds is 4. The van der Waals surface area contributed by atoms with Crippen molar-refractivity contribution in [3.8, 4) is 0 Å². The second-order valence-corrected chi connectivity index (χ2v) is 11.5. The van der Waals surface area contributed by atoms with Gasteiger partial charge in [-0.05, 0) is 50.1 Å². The molecule has 0 bridgehead atoms. The molecule has 0 radical (unpaired) electrons. The zero-order valence-electron chi connectivity index (χ0n) is 23.2. The molecule has 4 aromatic rings. The first-order valence-electron chi connectivity index (χ1n) is 14.0. The van der Waals surface area contributed by atoms with Crippen molar-refractivity contribution in [1.29, 1.82) is 0 Å². The van der Waals surface area contributed by atoms with E-state index in [9.17, 15) is 14.4 Å². The van der Waals surface area contributed by atoms with Crippen LogP contribution in [0.25, 0.3) is 5.57 Å². The molecule has 4 unspecified atom stereocenters. The van der Waals surface area contributed by atoms with Crippen LogP contribution in [0.3, 0.4) is 0 Å². The number of nitrogens with zero attached hydrogens (tertiary/aromatic N) is 1. The molecule has 1 amide bonds. The number of hydrogen-bond acceptors (Lipinski definition) is 4. The van der Waals surface area contributed by atoms with Crippen LogP contribution in [0.15, 0.2) is 103 Å². The molecule has 4 atom stereocenters. The quantitative estimate of drug-likeness (QED) is 0.299. The van der Waals surface area contributed by atoms with Gasteiger partial charge in [-0.3, -0.25) is 14.4 Å². The molecule has 1 spiro atoms. The summed E-state index contributed by atoms with van der Waals surface area (Å²) in [6, 6.07) is 28.9. The van der Waals surface area contributed by atoms with Crippen LogP contribution in [0.5, 0.6) is 0 Å². The fourth-order valence-corrected chi connectivity index (χ4v) is 7.22. The predicted octanol–water partition coefficient (Wildman–Crippen LogP) is 6.55. The van der Waals surface area contributed by atoms with Crippen molar-refractivity contribution in [3.05, 3.63) is 137 Å². The molecular weight excluding hydrogens is 508 g/mol. The molecule has 0 aromatic heterocycles. The largest absolute Gasteiger partial charge is 0.352 e. The molecule has 0 saturated carbocycles. The smallest absolute Gasteiger partial charge is 0.238 e. The molecule has 0 aliphatic carbocycles. The molecule has 1 fully saturated rings. The Morgan fingerprint density at radius 2 is 1.41 bits per heavy atom. The lowest BCUT2D eigenvalue weighted by atomic mass is 9.64. The maximum Gasteiger partial charge on any atom is 0.238 e. The van der Waals surface area contributed by atoms with Gasteiger partial charge >= 0.3 is 0 Å². The van der Waals surface area contributed by atoms with Gasteiger partial charge in [-0.15, -0.1) is 0 Å². The van der Waals surface area contributed by atoms with E-state index in [0.29, 0.717) is 16.8 Å². The van der Waals surface area contributed by atoms with E-state index in [1.807, 2.05) is 99.6 Å². The Kier molecular flexibility index (Phi) is 5.62. The van der Waals surface area contributed by atoms with Crippen LogP contribution in [0.2, 0.25) is 0 Å². The van der Waals surface area contributed by atoms with E-state index in [4.69, 9.17) is 0 Å². The maximum absolute atomic E-state index is 14.8. The second kappa shape index (κ2) is 9.13. The molecule has 5 nitrogen and oxygen atoms in total. The van der Waals surface area contributed by atoms with Crippen LogP contribution >= 0.6 is 0 Å². The second-order valence-electron chi connectivity index (χ2n) is 11.5. The summed E-state index contributed by atoms with van der Waals surface area (Å²) in [7, 11) is 0. The molecule has 5 heteroatoms. The number of allylic oxidation sites excluding steroid dienone is 1. The van der Waals surface area contributed by atoms with Gasteiger partial charge < -0.3 is 10.2 Å². The number of anilines is 2. The lowest BCUT2D eigenvalue weighted by molar-refractivity contribution is -0.121. The average Bonchev–Trinajstić information content (AvgIpc) is 3.45. The van der Waals surface area contributed by atoms with E-state index >= 15 is 0 Å². The summed E-state index contributed by atoms with van der Waals surface area (Å²) in [5, 5.41) is 3.10. The molecule has 7 rings (SSSR count). The minimum Gasteiger partial charge on any atom is -0.352 e. The van der Waals surface area contributed by atoms with Crippen molar-refractivity contribution in [1.82, 2.24) is 0 Å². The fourth-order valence-electron chi connectivity index (χ4n) is 7.22. The fraction of sp³-hybridized carbons (Fsp3) is 0.194. The topological polar surface area (TPSA) is 66.5 Å². The van der Waals surface area contributed by atoms with Crippen molar-refractivity contribution in [3.63, 3.8) is 0 Å². The van der Waals surface area contributed by atoms with Gasteiger partial charge in [-0.1, -0.05) is 96.1 Å². The third-order valence-electron chi connectivity index (χ3n) is 9.08. The van der Waals surface area contributed by atoms with Gasteiger partial charge in [0.05, 0.1) is 12.0 Å². The highest BCUT2D eigenvalue weighted by Crippen LogP contribution is 2.58. The lowest BCUT2D eigenvalue weighted by Gasteiger charge is -2.39. The van der Waals surface area contributed by atoms with Gasteiger partial charge in [-0.2, -0.15) is 0 Å². The van der Waals surface area contributed by atoms with Gasteiger partial charge in [0.15, 0.2) is 11.6 Å². The van der Waals surface area contributed by atoms with Gasteiger partial charge in [-0.25, -0.2) is 0 Å². The Labute approximate surface area is 239 Å². The number of fused-ring (bicyclic) bond motifs is 6. The van der Waals surface area contributed by atoms with Gasteiger partial charge in [0, 0.05) is 28.1 Å². The van der Waals surface area contributed by atoms with Crippen LogP contribution in [0, 0.1) is 19.8 Å². The lowest BCUT2D eigenvalue weighted by Crippen LogP contribution is -2.51. The van der Waals surface area contributed by atoms with Gasteiger partial charge in [0.1, 0.15) is 11.5 Å². The van der Waals surface area contributed by atoms with Crippen LogP contribution < -0.4 is 10.2 Å². The van der Waals surface area contributed by atoms with Crippen molar-refractivity contribution < 1.29 is 14.4 Å². The number of Topliss-reactive ketones (excluding diaryl/α,β-unsaturated/α-hetero) is 2. The molecule has 3 aliphatic rings. The molecular formula is C36H30N2O3. The summed E-state index contributed by atoms with van der Waals surface area (Å²) >= 11 is 0. The van der Waals surface area contributed by atoms with E-state index in [1.54, 1.807) is 12.1 Å². The Bertz CT molecular complexity index is 1770. The number of hydrogen-bond donors (Lipinski definition) is 1. The number of ketones is 2. The van der Waals surface area contributed by atoms with Crippen molar-refractivity contribution in [2.45, 2.75) is 38.3 Å². The normalized spacial score (nSPS) is 23.9. The van der Waals surface area contributed by atoms with Crippen LogP contribution in [0.4, 0.5) is 11.4 Å². The average molecular weight is 539 g/mol. The van der Waals surface area contributed by atoms with E-state index < -0.39 is 23.4 Å². The SMILES string of the molecule is CC1=CC2N(c3ccc(C)cc31)C(C(=O)c1ccc(C)cc1)C(C(=O)c1ccccc1)C21C(=O)Nc2ccccc21. The summed E-state index contributed by atoms with van der Waals surface area (Å²) in [4.78, 5) is 46.0. The van der Waals surface area contributed by atoms with Gasteiger partial charge in [0.25, 0.3) is 0 Å².